The Morgan fingerprint density at radius 2 is 1.73 bits per heavy atom. The fourth-order valence-corrected chi connectivity index (χ4v) is 2.71. The van der Waals surface area contributed by atoms with Gasteiger partial charge in [-0.25, -0.2) is 9.37 Å². The highest BCUT2D eigenvalue weighted by Gasteiger charge is 2.29. The Balaban J connectivity index is 0.000000579. The molecule has 2 heterocycles. The molecule has 4 nitrogen and oxygen atoms in total. The van der Waals surface area contributed by atoms with Gasteiger partial charge in [-0.2, -0.15) is 0 Å². The van der Waals surface area contributed by atoms with Gasteiger partial charge in [-0.3, -0.25) is 4.79 Å². The topological polar surface area (TPSA) is 46.4 Å². The zero-order valence-electron chi connectivity index (χ0n) is 19.4. The molecule has 1 aliphatic carbocycles. The van der Waals surface area contributed by atoms with Crippen LogP contribution in [0.25, 0.3) is 16.8 Å². The number of aromatic nitrogens is 2. The lowest BCUT2D eigenvalue weighted by Gasteiger charge is -2.07. The zero-order valence-corrected chi connectivity index (χ0v) is 19.4. The first kappa shape index (κ1) is 25.3. The quantitative estimate of drug-likeness (QED) is 0.491. The van der Waals surface area contributed by atoms with Crippen LogP contribution in [-0.4, -0.2) is 15.3 Å². The summed E-state index contributed by atoms with van der Waals surface area (Å²) in [6, 6.07) is 8.84. The average Bonchev–Trinajstić information content (AvgIpc) is 3.54. The van der Waals surface area contributed by atoms with Gasteiger partial charge in [-0.1, -0.05) is 60.1 Å². The van der Waals surface area contributed by atoms with Gasteiger partial charge in [0, 0.05) is 12.1 Å². The molecule has 30 heavy (non-hydrogen) atoms. The maximum absolute atomic E-state index is 13.7. The molecule has 164 valence electrons. The summed E-state index contributed by atoms with van der Waals surface area (Å²) in [5, 5.41) is 2.84. The van der Waals surface area contributed by atoms with E-state index in [1.807, 2.05) is 56.5 Å². The molecule has 1 aromatic carbocycles. The van der Waals surface area contributed by atoms with Crippen molar-refractivity contribution in [3.8, 4) is 11.1 Å². The Kier molecular flexibility index (Phi) is 10.8. The molecule has 5 heteroatoms. The molecule has 0 atom stereocenters. The molecule has 1 aliphatic rings. The summed E-state index contributed by atoms with van der Waals surface area (Å²) in [5.74, 6) is 0.514. The summed E-state index contributed by atoms with van der Waals surface area (Å²) >= 11 is 0. The van der Waals surface area contributed by atoms with Crippen molar-refractivity contribution in [3.63, 3.8) is 0 Å². The van der Waals surface area contributed by atoms with E-state index in [0.717, 1.165) is 29.6 Å². The predicted octanol–water partition coefficient (Wildman–Crippen LogP) is 7.27. The molecule has 1 N–H and O–H groups in total. The van der Waals surface area contributed by atoms with E-state index in [1.54, 1.807) is 19.2 Å². The van der Waals surface area contributed by atoms with E-state index in [0.29, 0.717) is 11.4 Å². The number of benzene rings is 1. The fourth-order valence-electron chi connectivity index (χ4n) is 2.71. The minimum absolute atomic E-state index is 0.0367. The molecule has 0 radical (unpaired) electrons. The van der Waals surface area contributed by atoms with Crippen LogP contribution in [0.4, 0.5) is 10.2 Å². The van der Waals surface area contributed by atoms with Gasteiger partial charge >= 0.3 is 0 Å². The number of anilines is 1. The average molecular weight is 414 g/mol. The van der Waals surface area contributed by atoms with Gasteiger partial charge in [-0.05, 0) is 54.7 Å². The number of amides is 1. The normalized spacial score (nSPS) is 11.9. The van der Waals surface area contributed by atoms with Gasteiger partial charge in [0.15, 0.2) is 5.82 Å². The Hall–Kier alpha value is -2.69. The van der Waals surface area contributed by atoms with Crippen molar-refractivity contribution in [2.24, 2.45) is 5.92 Å². The van der Waals surface area contributed by atoms with E-state index in [-0.39, 0.29) is 17.6 Å². The number of rotatable bonds is 3. The summed E-state index contributed by atoms with van der Waals surface area (Å²) < 4.78 is 15.6. The molecule has 2 aromatic heterocycles. The molecule has 1 amide bonds. The highest BCUT2D eigenvalue weighted by molar-refractivity contribution is 5.93. The lowest BCUT2D eigenvalue weighted by Crippen LogP contribution is -2.13. The van der Waals surface area contributed by atoms with Crippen LogP contribution in [0.1, 0.15) is 66.4 Å². The minimum Gasteiger partial charge on any atom is -0.309 e. The maximum Gasteiger partial charge on any atom is 0.228 e. The summed E-state index contributed by atoms with van der Waals surface area (Å²) in [7, 11) is 0. The number of pyridine rings is 1. The smallest absolute Gasteiger partial charge is 0.228 e. The number of fused-ring (bicyclic) bond motifs is 1. The highest BCUT2D eigenvalue weighted by Crippen LogP contribution is 2.30. The van der Waals surface area contributed by atoms with Crippen molar-refractivity contribution in [1.82, 2.24) is 9.38 Å². The first-order chi connectivity index (χ1) is 14.5. The number of imidazole rings is 1. The molecular weight excluding hydrogens is 377 g/mol. The standard InChI is InChI=1S/C18H16FN3O.C3H8.2C2H6/c1-11-14(3-2-4-15(11)19)13-7-8-17-20-16(10-22(17)9-13)21-18(23)12-5-6-12;1-3-2;2*1-2/h2-4,7-10,12H,5-6H2,1H3,(H,21,23);3H2,1-2H3;2*1-2H3. The van der Waals surface area contributed by atoms with Gasteiger partial charge in [0.05, 0.1) is 6.20 Å². The molecule has 0 unspecified atom stereocenters. The first-order valence-corrected chi connectivity index (χ1v) is 11.1. The molecule has 0 bridgehead atoms. The Bertz CT molecular complexity index is 929. The first-order valence-electron chi connectivity index (χ1n) is 11.1. The van der Waals surface area contributed by atoms with Crippen LogP contribution < -0.4 is 5.32 Å². The second-order valence-electron chi connectivity index (χ2n) is 6.69. The van der Waals surface area contributed by atoms with E-state index < -0.39 is 0 Å². The summed E-state index contributed by atoms with van der Waals surface area (Å²) in [4.78, 5) is 16.2. The van der Waals surface area contributed by atoms with E-state index in [2.05, 4.69) is 24.1 Å². The largest absolute Gasteiger partial charge is 0.309 e. The monoisotopic (exact) mass is 413 g/mol. The number of hydrogen-bond donors (Lipinski definition) is 1. The third kappa shape index (κ3) is 6.68. The molecule has 0 saturated heterocycles. The van der Waals surface area contributed by atoms with Gasteiger partial charge in [0.2, 0.25) is 5.91 Å². The molecule has 1 fully saturated rings. The third-order valence-electron chi connectivity index (χ3n) is 4.23. The number of halogens is 1. The predicted molar refractivity (Wildman–Crippen MR) is 125 cm³/mol. The number of hydrogen-bond acceptors (Lipinski definition) is 2. The van der Waals surface area contributed by atoms with Crippen LogP contribution in [0.5, 0.6) is 0 Å². The van der Waals surface area contributed by atoms with Crippen LogP contribution in [-0.2, 0) is 4.79 Å². The van der Waals surface area contributed by atoms with Crippen molar-refractivity contribution >= 4 is 17.4 Å². The second kappa shape index (κ2) is 12.8. The molecule has 1 saturated carbocycles. The lowest BCUT2D eigenvalue weighted by atomic mass is 10.0. The molecule has 0 aliphatic heterocycles. The van der Waals surface area contributed by atoms with E-state index in [9.17, 15) is 9.18 Å². The SMILES string of the molecule is CC.CC.CCC.Cc1c(F)cccc1-c1ccc2nc(NC(=O)C3CC3)cn2c1. The Morgan fingerprint density at radius 1 is 1.10 bits per heavy atom. The number of carbonyl (C=O) groups is 1. The number of nitrogens with zero attached hydrogens (tertiary/aromatic N) is 2. The van der Waals surface area contributed by atoms with Crippen molar-refractivity contribution in [3.05, 3.63) is 54.1 Å². The van der Waals surface area contributed by atoms with E-state index in [4.69, 9.17) is 0 Å². The van der Waals surface area contributed by atoms with E-state index in [1.165, 1.54) is 12.5 Å². The van der Waals surface area contributed by atoms with Gasteiger partial charge in [-0.15, -0.1) is 0 Å². The molecule has 3 aromatic rings. The summed E-state index contributed by atoms with van der Waals surface area (Å²) in [6.07, 6.45) is 6.86. The van der Waals surface area contributed by atoms with Crippen molar-refractivity contribution in [2.45, 2.75) is 67.7 Å². The van der Waals surface area contributed by atoms with Gasteiger partial charge in [0.1, 0.15) is 11.5 Å². The summed E-state index contributed by atoms with van der Waals surface area (Å²) in [6.45, 7) is 14.0. The van der Waals surface area contributed by atoms with Crippen LogP contribution >= 0.6 is 0 Å². The van der Waals surface area contributed by atoms with Crippen molar-refractivity contribution in [2.75, 3.05) is 5.32 Å². The molecule has 0 spiro atoms. The van der Waals surface area contributed by atoms with E-state index >= 15 is 0 Å². The fraction of sp³-hybridized carbons (Fsp3) is 0.440. The molecule has 4 rings (SSSR count). The third-order valence-corrected chi connectivity index (χ3v) is 4.23. The number of carbonyl (C=O) groups excluding carboxylic acids is 1. The Morgan fingerprint density at radius 3 is 2.33 bits per heavy atom. The highest BCUT2D eigenvalue weighted by atomic mass is 19.1. The maximum atomic E-state index is 13.7. The van der Waals surface area contributed by atoms with Crippen LogP contribution in [0.3, 0.4) is 0 Å². The van der Waals surface area contributed by atoms with Crippen molar-refractivity contribution < 1.29 is 9.18 Å². The second-order valence-corrected chi connectivity index (χ2v) is 6.69. The Labute approximate surface area is 180 Å². The van der Waals surface area contributed by atoms with Crippen LogP contribution in [0.15, 0.2) is 42.7 Å². The lowest BCUT2D eigenvalue weighted by molar-refractivity contribution is -0.117. The minimum atomic E-state index is -0.217. The van der Waals surface area contributed by atoms with Crippen molar-refractivity contribution in [1.29, 1.82) is 0 Å². The van der Waals surface area contributed by atoms with Gasteiger partial charge < -0.3 is 9.72 Å². The van der Waals surface area contributed by atoms with Gasteiger partial charge in [0.25, 0.3) is 0 Å². The number of nitrogens with one attached hydrogen (secondary N) is 1. The van der Waals surface area contributed by atoms with Crippen LogP contribution in [0, 0.1) is 18.7 Å². The zero-order chi connectivity index (χ0) is 22.7. The van der Waals surface area contributed by atoms with Crippen LogP contribution in [0.2, 0.25) is 0 Å². The summed E-state index contributed by atoms with van der Waals surface area (Å²) in [5.41, 5.74) is 3.12. The molecular formula is C25H36FN3O.